The highest BCUT2D eigenvalue weighted by atomic mass is 16.2. The van der Waals surface area contributed by atoms with E-state index in [1.165, 1.54) is 22.4 Å². The second-order valence-corrected chi connectivity index (χ2v) is 12.7. The maximum atomic E-state index is 14.5. The number of aryl methyl sites for hydroxylation is 2. The summed E-state index contributed by atoms with van der Waals surface area (Å²) in [4.78, 5) is 40.0. The summed E-state index contributed by atoms with van der Waals surface area (Å²) in [5.74, 6) is 0.250. The lowest BCUT2D eigenvalue weighted by molar-refractivity contribution is -0.120. The molecule has 0 saturated carbocycles. The van der Waals surface area contributed by atoms with Crippen molar-refractivity contribution in [3.63, 3.8) is 0 Å². The topological polar surface area (TPSA) is 74.9 Å². The minimum atomic E-state index is -0.704. The smallest absolute Gasteiger partial charge is 0.318 e. The number of aromatic amines is 1. The van der Waals surface area contributed by atoms with Crippen LogP contribution < -0.4 is 15.1 Å². The molecule has 1 fully saturated rings. The van der Waals surface area contributed by atoms with Crippen LogP contribution >= 0.6 is 0 Å². The number of para-hydroxylation sites is 2. The molecule has 0 spiro atoms. The summed E-state index contributed by atoms with van der Waals surface area (Å²) in [6, 6.07) is 22.0. The lowest BCUT2D eigenvalue weighted by atomic mass is 9.91. The van der Waals surface area contributed by atoms with E-state index in [1.54, 1.807) is 0 Å². The Morgan fingerprint density at radius 2 is 1.70 bits per heavy atom. The molecule has 2 N–H and O–H groups in total. The highest BCUT2D eigenvalue weighted by molar-refractivity contribution is 6.00. The molecule has 0 bridgehead atoms. The lowest BCUT2D eigenvalue weighted by Gasteiger charge is -2.39. The zero-order valence-electron chi connectivity index (χ0n) is 26.3. The van der Waals surface area contributed by atoms with Crippen molar-refractivity contribution in [2.24, 2.45) is 5.92 Å². The van der Waals surface area contributed by atoms with Crippen molar-refractivity contribution in [3.8, 4) is 0 Å². The van der Waals surface area contributed by atoms with Gasteiger partial charge in [-0.2, -0.15) is 0 Å². The summed E-state index contributed by atoms with van der Waals surface area (Å²) in [5, 5.41) is 4.28. The van der Waals surface area contributed by atoms with Crippen LogP contribution in [0.5, 0.6) is 0 Å². The van der Waals surface area contributed by atoms with Crippen LogP contribution in [0.2, 0.25) is 0 Å². The van der Waals surface area contributed by atoms with Crippen LogP contribution in [-0.4, -0.2) is 86.1 Å². The average molecular weight is 593 g/mol. The Kier molecular flexibility index (Phi) is 8.62. The molecule has 6 rings (SSSR count). The predicted octanol–water partition coefficient (Wildman–Crippen LogP) is 4.99. The Balaban J connectivity index is 1.24. The van der Waals surface area contributed by atoms with Gasteiger partial charge in [-0.15, -0.1) is 0 Å². The number of urea groups is 1. The van der Waals surface area contributed by atoms with Gasteiger partial charge in [-0.1, -0.05) is 48.5 Å². The number of fused-ring (bicyclic) bond motifs is 2. The van der Waals surface area contributed by atoms with E-state index in [4.69, 9.17) is 0 Å². The fourth-order valence-electron chi connectivity index (χ4n) is 6.89. The molecule has 8 nitrogen and oxygen atoms in total. The number of rotatable bonds is 7. The lowest BCUT2D eigenvalue weighted by Crippen LogP contribution is -2.58. The molecule has 2 atom stereocenters. The minimum Gasteiger partial charge on any atom is -0.368 e. The van der Waals surface area contributed by atoms with Gasteiger partial charge < -0.3 is 29.9 Å². The van der Waals surface area contributed by atoms with Crippen molar-refractivity contribution >= 4 is 34.2 Å². The first-order chi connectivity index (χ1) is 21.3. The summed E-state index contributed by atoms with van der Waals surface area (Å²) in [5.41, 5.74) is 7.88. The standard InChI is InChI=1S/C36H44N6O2/c1-25-13-14-26(2)34(19-25)40-15-17-41(18-16-40)36(44)38-32(21-29-22-37-31-11-7-6-10-30(29)31)35(43)42-24-27(23-39(3)4)20-28-9-5-8-12-33(28)42/h5-14,19,22,27,32,37H,15-18,20-21,23-24H2,1-4H3,(H,38,44)/t27?,32-/m1/s1. The SMILES string of the molecule is Cc1ccc(C)c(N2CCN(C(=O)N[C@H](Cc3c[nH]c4ccccc34)C(=O)N3CC(CN(C)C)Cc4ccccc43)CC2)c1. The van der Waals surface area contributed by atoms with Crippen molar-refractivity contribution in [1.29, 1.82) is 0 Å². The van der Waals surface area contributed by atoms with Crippen molar-refractivity contribution < 1.29 is 9.59 Å². The normalized spacial score (nSPS) is 17.6. The summed E-state index contributed by atoms with van der Waals surface area (Å²) >= 11 is 0. The molecule has 3 amide bonds. The number of aromatic nitrogens is 1. The third kappa shape index (κ3) is 6.31. The Bertz CT molecular complexity index is 1640. The second kappa shape index (κ2) is 12.7. The number of nitrogens with zero attached hydrogens (tertiary/aromatic N) is 4. The molecule has 0 aliphatic carbocycles. The maximum Gasteiger partial charge on any atom is 0.318 e. The Morgan fingerprint density at radius 1 is 0.955 bits per heavy atom. The van der Waals surface area contributed by atoms with E-state index in [0.717, 1.165) is 48.2 Å². The molecule has 1 unspecified atom stereocenters. The highest BCUT2D eigenvalue weighted by Crippen LogP contribution is 2.31. The van der Waals surface area contributed by atoms with Gasteiger partial charge in [0, 0.05) is 74.2 Å². The van der Waals surface area contributed by atoms with Crippen molar-refractivity contribution in [2.45, 2.75) is 32.7 Å². The molecule has 3 heterocycles. The second-order valence-electron chi connectivity index (χ2n) is 12.7. The first-order valence-corrected chi connectivity index (χ1v) is 15.7. The van der Waals surface area contributed by atoms with Crippen molar-refractivity contribution in [1.82, 2.24) is 20.1 Å². The van der Waals surface area contributed by atoms with Crippen molar-refractivity contribution in [2.75, 3.05) is 63.2 Å². The van der Waals surface area contributed by atoms with E-state index in [9.17, 15) is 9.59 Å². The van der Waals surface area contributed by atoms with Crippen LogP contribution in [0.1, 0.15) is 22.3 Å². The van der Waals surface area contributed by atoms with Gasteiger partial charge in [-0.25, -0.2) is 4.79 Å². The number of H-pyrrole nitrogens is 1. The molecule has 1 saturated heterocycles. The molecule has 1 aromatic heterocycles. The molecule has 2 aliphatic heterocycles. The zero-order chi connectivity index (χ0) is 30.8. The summed E-state index contributed by atoms with van der Waals surface area (Å²) in [6.07, 6.45) is 3.31. The number of carbonyl (C=O) groups excluding carboxylic acids is 2. The van der Waals surface area contributed by atoms with E-state index in [2.05, 4.69) is 78.4 Å². The van der Waals surface area contributed by atoms with Crippen LogP contribution in [0.4, 0.5) is 16.2 Å². The van der Waals surface area contributed by atoms with Crippen LogP contribution in [0, 0.1) is 19.8 Å². The number of nitrogens with one attached hydrogen (secondary N) is 2. The fourth-order valence-corrected chi connectivity index (χ4v) is 6.89. The summed E-state index contributed by atoms with van der Waals surface area (Å²) < 4.78 is 0. The fraction of sp³-hybridized carbons (Fsp3) is 0.389. The van der Waals surface area contributed by atoms with Crippen LogP contribution in [-0.2, 0) is 17.6 Å². The first-order valence-electron chi connectivity index (χ1n) is 15.7. The first kappa shape index (κ1) is 29.8. The van der Waals surface area contributed by atoms with Crippen LogP contribution in [0.3, 0.4) is 0 Å². The molecule has 44 heavy (non-hydrogen) atoms. The van der Waals surface area contributed by atoms with Gasteiger partial charge in [0.2, 0.25) is 5.91 Å². The highest BCUT2D eigenvalue weighted by Gasteiger charge is 2.35. The van der Waals surface area contributed by atoms with Gasteiger partial charge in [-0.3, -0.25) is 4.79 Å². The Morgan fingerprint density at radius 3 is 2.50 bits per heavy atom. The Labute approximate surface area is 260 Å². The number of anilines is 2. The largest absolute Gasteiger partial charge is 0.368 e. The van der Waals surface area contributed by atoms with Crippen LogP contribution in [0.25, 0.3) is 10.9 Å². The number of amides is 3. The molecular weight excluding hydrogens is 548 g/mol. The van der Waals surface area contributed by atoms with E-state index in [0.29, 0.717) is 32.0 Å². The van der Waals surface area contributed by atoms with Gasteiger partial charge in [0.05, 0.1) is 0 Å². The van der Waals surface area contributed by atoms with E-state index < -0.39 is 6.04 Å². The molecule has 8 heteroatoms. The van der Waals surface area contributed by atoms with Crippen molar-refractivity contribution in [3.05, 3.63) is 95.2 Å². The van der Waals surface area contributed by atoms with Gasteiger partial charge in [-0.05, 0) is 80.7 Å². The Hall–Kier alpha value is -4.30. The average Bonchev–Trinajstić information content (AvgIpc) is 3.43. The maximum absolute atomic E-state index is 14.5. The van der Waals surface area contributed by atoms with E-state index in [1.807, 2.05) is 52.4 Å². The monoisotopic (exact) mass is 592 g/mol. The predicted molar refractivity (Wildman–Crippen MR) is 179 cm³/mol. The van der Waals surface area contributed by atoms with Gasteiger partial charge >= 0.3 is 6.03 Å². The van der Waals surface area contributed by atoms with E-state index >= 15 is 0 Å². The van der Waals surface area contributed by atoms with E-state index in [-0.39, 0.29) is 11.9 Å². The van der Waals surface area contributed by atoms with Gasteiger partial charge in [0.1, 0.15) is 6.04 Å². The molecule has 4 aromatic rings. The third-order valence-electron chi connectivity index (χ3n) is 9.09. The number of hydrogen-bond acceptors (Lipinski definition) is 4. The number of benzene rings is 3. The summed E-state index contributed by atoms with van der Waals surface area (Å²) in [7, 11) is 4.15. The molecule has 3 aromatic carbocycles. The number of piperazine rings is 1. The molecule has 0 radical (unpaired) electrons. The zero-order valence-corrected chi connectivity index (χ0v) is 26.3. The molecular formula is C36H44N6O2. The quantitative estimate of drug-likeness (QED) is 0.317. The van der Waals surface area contributed by atoms with Gasteiger partial charge in [0.15, 0.2) is 0 Å². The minimum absolute atomic E-state index is 0.0615. The van der Waals surface area contributed by atoms with Gasteiger partial charge in [0.25, 0.3) is 0 Å². The molecule has 2 aliphatic rings. The summed E-state index contributed by atoms with van der Waals surface area (Å²) in [6.45, 7) is 8.48. The number of carbonyl (C=O) groups is 2. The van der Waals surface area contributed by atoms with Crippen LogP contribution in [0.15, 0.2) is 72.9 Å². The molecule has 230 valence electrons. The third-order valence-corrected chi connectivity index (χ3v) is 9.09. The number of hydrogen-bond donors (Lipinski definition) is 2.